The third-order valence-electron chi connectivity index (χ3n) is 13.0. The molecule has 0 saturated heterocycles. The van der Waals surface area contributed by atoms with Crippen LogP contribution in [0.2, 0.25) is 0 Å². The number of carbonyl (C=O) groups is 2. The van der Waals surface area contributed by atoms with Crippen molar-refractivity contribution in [3.05, 3.63) is 11.6 Å². The largest absolute Gasteiger partial charge is 0.295 e. The number of hydrogen-bond acceptors (Lipinski definition) is 2. The molecule has 2 unspecified atom stereocenters. The molecule has 4 fully saturated rings. The Morgan fingerprint density at radius 3 is 2.21 bits per heavy atom. The van der Waals surface area contributed by atoms with Crippen molar-refractivity contribution in [1.29, 1.82) is 0 Å². The first-order valence-corrected chi connectivity index (χ1v) is 14.5. The number of hydrogen-bond donors (Lipinski definition) is 0. The van der Waals surface area contributed by atoms with E-state index in [0.717, 1.165) is 51.4 Å². The zero-order valence-corrected chi connectivity index (χ0v) is 23.8. The molecule has 4 saturated carbocycles. The van der Waals surface area contributed by atoms with Gasteiger partial charge in [0, 0.05) is 16.7 Å². The molecule has 0 aromatic carbocycles. The first-order valence-electron chi connectivity index (χ1n) is 13.7. The summed E-state index contributed by atoms with van der Waals surface area (Å²) < 4.78 is 0. The maximum atomic E-state index is 14.3. The van der Waals surface area contributed by atoms with Crippen LogP contribution in [-0.4, -0.2) is 16.4 Å². The van der Waals surface area contributed by atoms with E-state index < -0.39 is 5.41 Å². The summed E-state index contributed by atoms with van der Waals surface area (Å²) in [4.78, 5) is 26.7. The first kappa shape index (κ1) is 25.3. The van der Waals surface area contributed by atoms with Gasteiger partial charge in [-0.15, -0.1) is 11.6 Å². The fourth-order valence-corrected chi connectivity index (χ4v) is 10.8. The van der Waals surface area contributed by atoms with Gasteiger partial charge in [0.25, 0.3) is 0 Å². The number of carbonyl (C=O) groups excluding carboxylic acids is 2. The molecular formula is C30H44Cl2O2. The van der Waals surface area contributed by atoms with Gasteiger partial charge in [-0.1, -0.05) is 54.0 Å². The van der Waals surface area contributed by atoms with Crippen LogP contribution in [0.1, 0.15) is 106 Å². The number of ketones is 1. The molecule has 190 valence electrons. The van der Waals surface area contributed by atoms with Crippen molar-refractivity contribution in [3.63, 3.8) is 0 Å². The average molecular weight is 508 g/mol. The number of allylic oxidation sites excluding steroid dienone is 2. The number of rotatable bonds is 1. The Morgan fingerprint density at radius 1 is 0.912 bits per heavy atom. The Labute approximate surface area is 217 Å². The monoisotopic (exact) mass is 506 g/mol. The molecule has 5 rings (SSSR count). The molecule has 0 heterocycles. The molecule has 5 aliphatic carbocycles. The van der Waals surface area contributed by atoms with E-state index in [4.69, 9.17) is 23.2 Å². The minimum absolute atomic E-state index is 0.0146. The van der Waals surface area contributed by atoms with Crippen LogP contribution in [0.15, 0.2) is 11.6 Å². The Hall–Kier alpha value is -0.340. The highest BCUT2D eigenvalue weighted by molar-refractivity contribution is 6.64. The Bertz CT molecular complexity index is 969. The number of fused-ring (bicyclic) bond motifs is 7. The Kier molecular flexibility index (Phi) is 5.49. The van der Waals surface area contributed by atoms with Gasteiger partial charge in [0.15, 0.2) is 5.78 Å². The molecule has 0 amide bonds. The van der Waals surface area contributed by atoms with E-state index in [0.29, 0.717) is 11.7 Å². The fraction of sp³-hybridized carbons (Fsp3) is 0.867. The topological polar surface area (TPSA) is 34.1 Å². The predicted molar refractivity (Wildman–Crippen MR) is 140 cm³/mol. The smallest absolute Gasteiger partial charge is 0.227 e. The summed E-state index contributed by atoms with van der Waals surface area (Å²) in [6.07, 6.45) is 11.3. The third-order valence-corrected chi connectivity index (χ3v) is 14.2. The average Bonchev–Trinajstić information content (AvgIpc) is 2.73. The molecule has 4 heteroatoms. The summed E-state index contributed by atoms with van der Waals surface area (Å²) in [6, 6.07) is 0. The zero-order valence-electron chi connectivity index (χ0n) is 22.3. The SMILES string of the molecule is CC1(C)C2CC[C@]3(C)C(C(=O)C=C4[C@@H]5C[C@@](C)(C(=O)Cl)CC[C@]5(C)CC[C@]43C)[C@@]2(C)CC[C@@H]1Cl. The lowest BCUT2D eigenvalue weighted by Gasteiger charge is -2.70. The molecular weight excluding hydrogens is 463 g/mol. The Morgan fingerprint density at radius 2 is 1.56 bits per heavy atom. The van der Waals surface area contributed by atoms with Crippen LogP contribution in [0.4, 0.5) is 0 Å². The molecule has 5 aliphatic rings. The van der Waals surface area contributed by atoms with Crippen LogP contribution in [-0.2, 0) is 9.59 Å². The number of halogens is 2. The van der Waals surface area contributed by atoms with Crippen molar-refractivity contribution >= 4 is 34.2 Å². The van der Waals surface area contributed by atoms with E-state index in [9.17, 15) is 9.59 Å². The molecule has 0 aliphatic heterocycles. The molecule has 0 bridgehead atoms. The third kappa shape index (κ3) is 3.00. The highest BCUT2D eigenvalue weighted by Gasteiger charge is 2.70. The fourth-order valence-electron chi connectivity index (χ4n) is 10.3. The molecule has 0 aromatic heterocycles. The van der Waals surface area contributed by atoms with Gasteiger partial charge in [-0.25, -0.2) is 0 Å². The maximum absolute atomic E-state index is 14.3. The van der Waals surface area contributed by atoms with E-state index in [1.807, 2.05) is 6.92 Å². The van der Waals surface area contributed by atoms with Crippen molar-refractivity contribution in [1.82, 2.24) is 0 Å². The Balaban J connectivity index is 1.62. The van der Waals surface area contributed by atoms with Crippen molar-refractivity contribution in [2.75, 3.05) is 0 Å². The van der Waals surface area contributed by atoms with E-state index in [1.165, 1.54) is 12.0 Å². The van der Waals surface area contributed by atoms with Gasteiger partial charge in [0.2, 0.25) is 5.24 Å². The van der Waals surface area contributed by atoms with Crippen LogP contribution in [0.25, 0.3) is 0 Å². The quantitative estimate of drug-likeness (QED) is 0.264. The van der Waals surface area contributed by atoms with Crippen molar-refractivity contribution in [3.8, 4) is 0 Å². The van der Waals surface area contributed by atoms with E-state index in [-0.39, 0.29) is 49.5 Å². The van der Waals surface area contributed by atoms with E-state index in [2.05, 4.69) is 47.6 Å². The van der Waals surface area contributed by atoms with Crippen molar-refractivity contribution in [2.24, 2.45) is 50.2 Å². The van der Waals surface area contributed by atoms with Crippen LogP contribution in [0, 0.1) is 50.2 Å². The van der Waals surface area contributed by atoms with Gasteiger partial charge >= 0.3 is 0 Å². The highest BCUT2D eigenvalue weighted by atomic mass is 35.5. The molecule has 0 spiro atoms. The summed E-state index contributed by atoms with van der Waals surface area (Å²) in [5.41, 5.74) is 0.962. The lowest BCUT2D eigenvalue weighted by molar-refractivity contribution is -0.184. The van der Waals surface area contributed by atoms with Gasteiger partial charge in [-0.05, 0) is 114 Å². The minimum atomic E-state index is -0.488. The second-order valence-corrected chi connectivity index (χ2v) is 15.7. The van der Waals surface area contributed by atoms with Crippen molar-refractivity contribution < 1.29 is 9.59 Å². The van der Waals surface area contributed by atoms with E-state index in [1.54, 1.807) is 0 Å². The van der Waals surface area contributed by atoms with Gasteiger partial charge in [0.1, 0.15) is 0 Å². The van der Waals surface area contributed by atoms with Crippen LogP contribution in [0.5, 0.6) is 0 Å². The second-order valence-electron chi connectivity index (χ2n) is 14.9. The van der Waals surface area contributed by atoms with Crippen molar-refractivity contribution in [2.45, 2.75) is 112 Å². The van der Waals surface area contributed by atoms with Gasteiger partial charge < -0.3 is 0 Å². The highest BCUT2D eigenvalue weighted by Crippen LogP contribution is 2.75. The summed E-state index contributed by atoms with van der Waals surface area (Å²) in [5.74, 6) is 1.12. The van der Waals surface area contributed by atoms with Gasteiger partial charge in [0.05, 0.1) is 0 Å². The summed E-state index contributed by atoms with van der Waals surface area (Å²) >= 11 is 13.0. The lowest BCUT2D eigenvalue weighted by atomic mass is 9.33. The summed E-state index contributed by atoms with van der Waals surface area (Å²) in [6.45, 7) is 16.4. The second kappa shape index (κ2) is 7.37. The molecule has 0 radical (unpaired) electrons. The summed E-state index contributed by atoms with van der Waals surface area (Å²) in [5, 5.41) is -0.0274. The van der Waals surface area contributed by atoms with Crippen LogP contribution >= 0.6 is 23.2 Å². The lowest BCUT2D eigenvalue weighted by Crippen LogP contribution is -2.66. The van der Waals surface area contributed by atoms with Crippen LogP contribution < -0.4 is 0 Å². The predicted octanol–water partition coefficient (Wildman–Crippen LogP) is 8.34. The van der Waals surface area contributed by atoms with Gasteiger partial charge in [-0.2, -0.15) is 0 Å². The summed E-state index contributed by atoms with van der Waals surface area (Å²) in [7, 11) is 0. The normalized spacial score (nSPS) is 54.1. The minimum Gasteiger partial charge on any atom is -0.295 e. The first-order chi connectivity index (χ1) is 15.6. The maximum Gasteiger partial charge on any atom is 0.227 e. The standard InChI is InChI=1S/C30H44Cl2O2/c1-25(2)21-8-11-30(7)23(28(21,5)10-9-22(25)31)20(33)16-18-19-17-27(4,24(32)34)13-12-26(19,3)14-15-29(18,30)6/h16,19,21-23H,8-15,17H2,1-7H3/t19-,21?,22-,23?,26+,27-,28-,29+,30+/m0/s1. The van der Waals surface area contributed by atoms with Gasteiger partial charge in [-0.3, -0.25) is 9.59 Å². The molecule has 0 N–H and O–H groups in total. The zero-order chi connectivity index (χ0) is 25.1. The number of alkyl halides is 1. The molecule has 0 aromatic rings. The van der Waals surface area contributed by atoms with E-state index >= 15 is 0 Å². The molecule has 34 heavy (non-hydrogen) atoms. The molecule has 9 atom stereocenters. The van der Waals surface area contributed by atoms with Crippen LogP contribution in [0.3, 0.4) is 0 Å². The molecule has 2 nitrogen and oxygen atoms in total.